The van der Waals surface area contributed by atoms with Gasteiger partial charge in [0.2, 0.25) is 6.79 Å². The van der Waals surface area contributed by atoms with E-state index in [2.05, 4.69) is 15.5 Å². The number of aromatic amines is 1. The summed E-state index contributed by atoms with van der Waals surface area (Å²) in [6.07, 6.45) is -1.05. The van der Waals surface area contributed by atoms with Crippen molar-refractivity contribution in [3.05, 3.63) is 64.1 Å². The highest BCUT2D eigenvalue weighted by Crippen LogP contribution is 2.32. The molecule has 148 valence electrons. The maximum absolute atomic E-state index is 12.5. The van der Waals surface area contributed by atoms with E-state index in [1.165, 1.54) is 6.92 Å². The molecule has 29 heavy (non-hydrogen) atoms. The molecule has 4 rings (SSSR count). The molecule has 1 aliphatic heterocycles. The van der Waals surface area contributed by atoms with E-state index in [0.29, 0.717) is 22.3 Å². The Morgan fingerprint density at radius 1 is 1.17 bits per heavy atom. The van der Waals surface area contributed by atoms with Crippen LogP contribution in [0.3, 0.4) is 0 Å². The van der Waals surface area contributed by atoms with E-state index < -0.39 is 23.5 Å². The third-order valence-corrected chi connectivity index (χ3v) is 4.45. The van der Waals surface area contributed by atoms with Gasteiger partial charge in [-0.05, 0) is 30.7 Å². The van der Waals surface area contributed by atoms with Gasteiger partial charge < -0.3 is 19.5 Å². The number of benzene rings is 2. The molecule has 9 nitrogen and oxygen atoms in total. The van der Waals surface area contributed by atoms with Crippen molar-refractivity contribution in [1.82, 2.24) is 15.5 Å². The number of amides is 1. The van der Waals surface area contributed by atoms with Crippen molar-refractivity contribution in [2.75, 3.05) is 6.79 Å². The molecular formula is C20H17N3O6. The molecule has 2 heterocycles. The van der Waals surface area contributed by atoms with Crippen LogP contribution in [0.2, 0.25) is 0 Å². The predicted octanol–water partition coefficient (Wildman–Crippen LogP) is 1.51. The molecule has 1 aromatic heterocycles. The predicted molar refractivity (Wildman–Crippen MR) is 102 cm³/mol. The van der Waals surface area contributed by atoms with E-state index in [-0.39, 0.29) is 19.0 Å². The van der Waals surface area contributed by atoms with Crippen molar-refractivity contribution in [2.45, 2.75) is 19.6 Å². The standard InChI is InChI=1S/C20H17N3O6/c1-11(18(24)21-9-12-6-7-15-16(8-12)28-10-27-15)29-20(26)17-13-4-2-3-5-14(13)19(25)23-22-17/h2-8,11H,9-10H2,1H3,(H,21,24)(H,23,25). The van der Waals surface area contributed by atoms with Gasteiger partial charge in [0.1, 0.15) is 0 Å². The summed E-state index contributed by atoms with van der Waals surface area (Å²) in [5.74, 6) is 0.00294. The molecule has 0 bridgehead atoms. The zero-order chi connectivity index (χ0) is 20.4. The van der Waals surface area contributed by atoms with Gasteiger partial charge >= 0.3 is 5.97 Å². The largest absolute Gasteiger partial charge is 0.454 e. The summed E-state index contributed by atoms with van der Waals surface area (Å²) < 4.78 is 15.8. The lowest BCUT2D eigenvalue weighted by Crippen LogP contribution is -2.35. The summed E-state index contributed by atoms with van der Waals surface area (Å²) in [4.78, 5) is 36.6. The van der Waals surface area contributed by atoms with Crippen molar-refractivity contribution >= 4 is 22.6 Å². The van der Waals surface area contributed by atoms with Gasteiger partial charge in [0.05, 0.1) is 5.39 Å². The van der Waals surface area contributed by atoms with Gasteiger partial charge in [-0.15, -0.1) is 0 Å². The van der Waals surface area contributed by atoms with Crippen LogP contribution < -0.4 is 20.3 Å². The number of H-pyrrole nitrogens is 1. The number of carbonyl (C=O) groups excluding carboxylic acids is 2. The van der Waals surface area contributed by atoms with E-state index in [0.717, 1.165) is 5.56 Å². The number of esters is 1. The average Bonchev–Trinajstić information content (AvgIpc) is 3.20. The van der Waals surface area contributed by atoms with Crippen molar-refractivity contribution in [2.24, 2.45) is 0 Å². The van der Waals surface area contributed by atoms with Crippen LogP contribution in [-0.4, -0.2) is 35.0 Å². The number of hydrogen-bond acceptors (Lipinski definition) is 7. The summed E-state index contributed by atoms with van der Waals surface area (Å²) in [5.41, 5.74) is 0.344. The van der Waals surface area contributed by atoms with Crippen LogP contribution in [0.1, 0.15) is 23.0 Å². The molecule has 0 radical (unpaired) electrons. The Bertz CT molecular complexity index is 1160. The number of nitrogens with one attached hydrogen (secondary N) is 2. The number of ether oxygens (including phenoxy) is 3. The molecule has 0 saturated carbocycles. The molecule has 0 fully saturated rings. The monoisotopic (exact) mass is 395 g/mol. The maximum Gasteiger partial charge on any atom is 0.360 e. The highest BCUT2D eigenvalue weighted by atomic mass is 16.7. The van der Waals surface area contributed by atoms with Crippen LogP contribution in [-0.2, 0) is 16.1 Å². The minimum atomic E-state index is -1.05. The summed E-state index contributed by atoms with van der Waals surface area (Å²) in [5, 5.41) is 9.41. The molecule has 0 saturated heterocycles. The first-order valence-electron chi connectivity index (χ1n) is 8.87. The molecular weight excluding hydrogens is 378 g/mol. The van der Waals surface area contributed by atoms with Crippen LogP contribution in [0.25, 0.3) is 10.8 Å². The van der Waals surface area contributed by atoms with Crippen molar-refractivity contribution in [1.29, 1.82) is 0 Å². The molecule has 2 N–H and O–H groups in total. The van der Waals surface area contributed by atoms with Crippen LogP contribution in [0.15, 0.2) is 47.3 Å². The second kappa shape index (κ2) is 7.63. The molecule has 1 amide bonds. The highest BCUT2D eigenvalue weighted by Gasteiger charge is 2.22. The van der Waals surface area contributed by atoms with Gasteiger partial charge in [0.15, 0.2) is 23.3 Å². The van der Waals surface area contributed by atoms with Gasteiger partial charge in [0, 0.05) is 11.9 Å². The Labute approximate surface area is 164 Å². The Morgan fingerprint density at radius 3 is 2.76 bits per heavy atom. The van der Waals surface area contributed by atoms with Crippen LogP contribution >= 0.6 is 0 Å². The lowest BCUT2D eigenvalue weighted by atomic mass is 10.1. The average molecular weight is 395 g/mol. The normalized spacial score (nSPS) is 13.1. The van der Waals surface area contributed by atoms with E-state index in [1.54, 1.807) is 42.5 Å². The minimum absolute atomic E-state index is 0.0596. The Morgan fingerprint density at radius 2 is 1.93 bits per heavy atom. The molecule has 2 aromatic carbocycles. The number of carbonyl (C=O) groups is 2. The topological polar surface area (TPSA) is 120 Å². The third-order valence-electron chi connectivity index (χ3n) is 4.45. The molecule has 1 atom stereocenters. The zero-order valence-electron chi connectivity index (χ0n) is 15.4. The molecule has 9 heteroatoms. The molecule has 1 unspecified atom stereocenters. The number of aromatic nitrogens is 2. The Hall–Kier alpha value is -3.88. The van der Waals surface area contributed by atoms with E-state index >= 15 is 0 Å². The number of hydrogen-bond donors (Lipinski definition) is 2. The number of nitrogens with zero attached hydrogens (tertiary/aromatic N) is 1. The first-order valence-corrected chi connectivity index (χ1v) is 8.87. The number of rotatable bonds is 5. The highest BCUT2D eigenvalue weighted by molar-refractivity contribution is 6.02. The molecule has 1 aliphatic rings. The first-order chi connectivity index (χ1) is 14.0. The Balaban J connectivity index is 1.40. The minimum Gasteiger partial charge on any atom is -0.454 e. The summed E-state index contributed by atoms with van der Waals surface area (Å²) in [7, 11) is 0. The first kappa shape index (κ1) is 18.5. The van der Waals surface area contributed by atoms with Crippen LogP contribution in [0, 0.1) is 0 Å². The molecule has 0 spiro atoms. The van der Waals surface area contributed by atoms with E-state index in [4.69, 9.17) is 14.2 Å². The fraction of sp³-hybridized carbons (Fsp3) is 0.200. The van der Waals surface area contributed by atoms with Crippen molar-refractivity contribution < 1.29 is 23.8 Å². The van der Waals surface area contributed by atoms with E-state index in [9.17, 15) is 14.4 Å². The third kappa shape index (κ3) is 3.75. The second-order valence-electron chi connectivity index (χ2n) is 6.40. The van der Waals surface area contributed by atoms with Gasteiger partial charge in [-0.2, -0.15) is 5.10 Å². The second-order valence-corrected chi connectivity index (χ2v) is 6.40. The van der Waals surface area contributed by atoms with E-state index in [1.807, 2.05) is 0 Å². The molecule has 3 aromatic rings. The lowest BCUT2D eigenvalue weighted by molar-refractivity contribution is -0.129. The fourth-order valence-corrected chi connectivity index (χ4v) is 2.92. The van der Waals surface area contributed by atoms with Gasteiger partial charge in [-0.25, -0.2) is 9.89 Å². The van der Waals surface area contributed by atoms with Crippen LogP contribution in [0.5, 0.6) is 11.5 Å². The smallest absolute Gasteiger partial charge is 0.360 e. The van der Waals surface area contributed by atoms with Gasteiger partial charge in [0.25, 0.3) is 11.5 Å². The lowest BCUT2D eigenvalue weighted by Gasteiger charge is -2.14. The number of fused-ring (bicyclic) bond motifs is 2. The summed E-state index contributed by atoms with van der Waals surface area (Å²) in [6.45, 7) is 1.86. The summed E-state index contributed by atoms with van der Waals surface area (Å²) >= 11 is 0. The van der Waals surface area contributed by atoms with Crippen LogP contribution in [0.4, 0.5) is 0 Å². The molecule has 0 aliphatic carbocycles. The Kier molecular flexibility index (Phi) is 4.86. The fourth-order valence-electron chi connectivity index (χ4n) is 2.92. The quantitative estimate of drug-likeness (QED) is 0.629. The SMILES string of the molecule is CC(OC(=O)c1n[nH]c(=O)c2ccccc12)C(=O)NCc1ccc2c(c1)OCO2. The van der Waals surface area contributed by atoms with Gasteiger partial charge in [-0.3, -0.25) is 9.59 Å². The van der Waals surface area contributed by atoms with Gasteiger partial charge in [-0.1, -0.05) is 24.3 Å². The maximum atomic E-state index is 12.5. The summed E-state index contributed by atoms with van der Waals surface area (Å²) in [6, 6.07) is 11.9. The zero-order valence-corrected chi connectivity index (χ0v) is 15.4. The van der Waals surface area contributed by atoms with Crippen molar-refractivity contribution in [3.8, 4) is 11.5 Å². The van der Waals surface area contributed by atoms with Crippen molar-refractivity contribution in [3.63, 3.8) is 0 Å².